The van der Waals surface area contributed by atoms with E-state index in [0.717, 1.165) is 11.1 Å². The van der Waals surface area contributed by atoms with Gasteiger partial charge in [0.1, 0.15) is 5.76 Å². The first-order valence-electron chi connectivity index (χ1n) is 8.08. The van der Waals surface area contributed by atoms with Gasteiger partial charge in [-0.05, 0) is 42.3 Å². The SMILES string of the molecule is Cc1cc(C(=O)Nc2cccc(-c3ccc4c(C(=O)O)n[nH]c4c3)c2)no1. The van der Waals surface area contributed by atoms with E-state index in [9.17, 15) is 9.59 Å². The summed E-state index contributed by atoms with van der Waals surface area (Å²) in [5.41, 5.74) is 3.14. The van der Waals surface area contributed by atoms with Crippen LogP contribution in [0.4, 0.5) is 5.69 Å². The molecule has 134 valence electrons. The molecule has 0 saturated heterocycles. The molecule has 8 nitrogen and oxygen atoms in total. The largest absolute Gasteiger partial charge is 0.476 e. The number of carbonyl (C=O) groups is 2. The molecule has 27 heavy (non-hydrogen) atoms. The van der Waals surface area contributed by atoms with Crippen LogP contribution >= 0.6 is 0 Å². The van der Waals surface area contributed by atoms with Crippen molar-refractivity contribution in [2.24, 2.45) is 0 Å². The van der Waals surface area contributed by atoms with Crippen LogP contribution in [0, 0.1) is 6.92 Å². The van der Waals surface area contributed by atoms with Gasteiger partial charge in [0.15, 0.2) is 11.4 Å². The highest BCUT2D eigenvalue weighted by atomic mass is 16.5. The predicted octanol–water partition coefficient (Wildman–Crippen LogP) is 3.48. The van der Waals surface area contributed by atoms with Crippen LogP contribution in [0.25, 0.3) is 22.0 Å². The summed E-state index contributed by atoms with van der Waals surface area (Å²) in [5.74, 6) is -0.886. The van der Waals surface area contributed by atoms with E-state index in [1.54, 1.807) is 25.1 Å². The lowest BCUT2D eigenvalue weighted by atomic mass is 10.0. The molecule has 0 aliphatic rings. The maximum absolute atomic E-state index is 12.2. The Kier molecular flexibility index (Phi) is 3.92. The van der Waals surface area contributed by atoms with Gasteiger partial charge in [-0.1, -0.05) is 23.4 Å². The van der Waals surface area contributed by atoms with Gasteiger partial charge >= 0.3 is 5.97 Å². The van der Waals surface area contributed by atoms with Crippen molar-refractivity contribution in [2.75, 3.05) is 5.32 Å². The van der Waals surface area contributed by atoms with Crippen molar-refractivity contribution in [1.82, 2.24) is 15.4 Å². The number of nitrogens with one attached hydrogen (secondary N) is 2. The fourth-order valence-corrected chi connectivity index (χ4v) is 2.81. The number of aromatic carboxylic acids is 1. The average Bonchev–Trinajstić information content (AvgIpc) is 3.27. The highest BCUT2D eigenvalue weighted by molar-refractivity contribution is 6.03. The van der Waals surface area contributed by atoms with Crippen molar-refractivity contribution >= 4 is 28.5 Å². The number of aryl methyl sites for hydroxylation is 1. The number of carboxylic acids is 1. The number of hydrogen-bond acceptors (Lipinski definition) is 5. The van der Waals surface area contributed by atoms with Crippen LogP contribution in [-0.4, -0.2) is 32.3 Å². The minimum Gasteiger partial charge on any atom is -0.476 e. The topological polar surface area (TPSA) is 121 Å². The summed E-state index contributed by atoms with van der Waals surface area (Å²) in [6, 6.07) is 14.2. The zero-order valence-corrected chi connectivity index (χ0v) is 14.2. The highest BCUT2D eigenvalue weighted by Gasteiger charge is 2.14. The molecule has 4 rings (SSSR count). The zero-order chi connectivity index (χ0) is 19.0. The third kappa shape index (κ3) is 3.15. The fourth-order valence-electron chi connectivity index (χ4n) is 2.81. The van der Waals surface area contributed by atoms with E-state index in [4.69, 9.17) is 9.63 Å². The average molecular weight is 362 g/mol. The van der Waals surface area contributed by atoms with Gasteiger partial charge in [0.25, 0.3) is 5.91 Å². The summed E-state index contributed by atoms with van der Waals surface area (Å²) in [4.78, 5) is 23.4. The van der Waals surface area contributed by atoms with Gasteiger partial charge in [-0.2, -0.15) is 5.10 Å². The summed E-state index contributed by atoms with van der Waals surface area (Å²) in [7, 11) is 0. The van der Waals surface area contributed by atoms with Gasteiger partial charge in [-0.25, -0.2) is 4.79 Å². The number of carbonyl (C=O) groups excluding carboxylic acids is 1. The molecule has 3 N–H and O–H groups in total. The van der Waals surface area contributed by atoms with Crippen LogP contribution in [0.5, 0.6) is 0 Å². The van der Waals surface area contributed by atoms with E-state index in [-0.39, 0.29) is 17.3 Å². The number of fused-ring (bicyclic) bond motifs is 1. The normalized spacial score (nSPS) is 10.9. The summed E-state index contributed by atoms with van der Waals surface area (Å²) >= 11 is 0. The Morgan fingerprint density at radius 2 is 1.93 bits per heavy atom. The second-order valence-corrected chi connectivity index (χ2v) is 6.00. The van der Waals surface area contributed by atoms with Crippen molar-refractivity contribution in [2.45, 2.75) is 6.92 Å². The second kappa shape index (κ2) is 6.41. The number of nitrogens with zero attached hydrogens (tertiary/aromatic N) is 2. The molecule has 2 heterocycles. The van der Waals surface area contributed by atoms with E-state index in [2.05, 4.69) is 20.7 Å². The Morgan fingerprint density at radius 1 is 1.11 bits per heavy atom. The van der Waals surface area contributed by atoms with Gasteiger partial charge in [-0.15, -0.1) is 0 Å². The number of anilines is 1. The number of rotatable bonds is 4. The lowest BCUT2D eigenvalue weighted by Crippen LogP contribution is -2.12. The Labute approximate surface area is 152 Å². The van der Waals surface area contributed by atoms with Gasteiger partial charge in [0.2, 0.25) is 0 Å². The molecule has 2 aromatic heterocycles. The van der Waals surface area contributed by atoms with Crippen molar-refractivity contribution in [3.8, 4) is 11.1 Å². The predicted molar refractivity (Wildman–Crippen MR) is 97.7 cm³/mol. The smallest absolute Gasteiger partial charge is 0.357 e. The Morgan fingerprint density at radius 3 is 2.67 bits per heavy atom. The number of hydrogen-bond donors (Lipinski definition) is 3. The van der Waals surface area contributed by atoms with Gasteiger partial charge < -0.3 is 14.9 Å². The van der Waals surface area contributed by atoms with Crippen LogP contribution in [0.2, 0.25) is 0 Å². The van der Waals surface area contributed by atoms with Crippen molar-refractivity contribution in [3.63, 3.8) is 0 Å². The second-order valence-electron chi connectivity index (χ2n) is 6.00. The van der Waals surface area contributed by atoms with Crippen molar-refractivity contribution < 1.29 is 19.2 Å². The molecule has 0 aliphatic heterocycles. The standard InChI is InChI=1S/C19H14N4O4/c1-10-7-16(23-27-10)18(24)20-13-4-2-3-11(8-13)12-5-6-14-15(9-12)21-22-17(14)19(25)26/h2-9H,1H3,(H,20,24)(H,21,22)(H,25,26). The number of aromatic amines is 1. The first-order valence-corrected chi connectivity index (χ1v) is 8.08. The van der Waals surface area contributed by atoms with Crippen molar-refractivity contribution in [3.05, 3.63) is 65.7 Å². The molecular formula is C19H14N4O4. The number of aromatic nitrogens is 3. The minimum absolute atomic E-state index is 0.0135. The monoisotopic (exact) mass is 362 g/mol. The maximum atomic E-state index is 12.2. The third-order valence-electron chi connectivity index (χ3n) is 4.08. The van der Waals surface area contributed by atoms with Gasteiger partial charge in [0, 0.05) is 17.1 Å². The molecule has 8 heteroatoms. The number of benzene rings is 2. The lowest BCUT2D eigenvalue weighted by molar-refractivity contribution is 0.0692. The molecule has 0 bridgehead atoms. The third-order valence-corrected chi connectivity index (χ3v) is 4.08. The first kappa shape index (κ1) is 16.5. The maximum Gasteiger partial charge on any atom is 0.357 e. The molecule has 0 spiro atoms. The highest BCUT2D eigenvalue weighted by Crippen LogP contribution is 2.27. The van der Waals surface area contributed by atoms with Crippen LogP contribution in [0.15, 0.2) is 53.1 Å². The number of amides is 1. The van der Waals surface area contributed by atoms with E-state index < -0.39 is 5.97 Å². The van der Waals surface area contributed by atoms with Crippen molar-refractivity contribution in [1.29, 1.82) is 0 Å². The molecule has 1 amide bonds. The van der Waals surface area contributed by atoms with Gasteiger partial charge in [-0.3, -0.25) is 9.89 Å². The van der Waals surface area contributed by atoms with Gasteiger partial charge in [0.05, 0.1) is 5.52 Å². The molecule has 0 fully saturated rings. The lowest BCUT2D eigenvalue weighted by Gasteiger charge is -2.07. The Hall–Kier alpha value is -3.94. The van der Waals surface area contributed by atoms with Crippen LogP contribution < -0.4 is 5.32 Å². The van der Waals surface area contributed by atoms with E-state index in [0.29, 0.717) is 22.4 Å². The summed E-state index contributed by atoms with van der Waals surface area (Å²) < 4.78 is 4.91. The van der Waals surface area contributed by atoms with Crippen LogP contribution in [0.1, 0.15) is 26.7 Å². The molecule has 0 aliphatic carbocycles. The molecule has 0 atom stereocenters. The summed E-state index contributed by atoms with van der Waals surface area (Å²) in [6.07, 6.45) is 0. The van der Waals surface area contributed by atoms with E-state index in [1.807, 2.05) is 30.3 Å². The Balaban J connectivity index is 1.63. The summed E-state index contributed by atoms with van der Waals surface area (Å²) in [6.45, 7) is 1.71. The quantitative estimate of drug-likeness (QED) is 0.511. The molecule has 2 aromatic carbocycles. The van der Waals surface area contributed by atoms with Crippen LogP contribution in [-0.2, 0) is 0 Å². The van der Waals surface area contributed by atoms with Crippen LogP contribution in [0.3, 0.4) is 0 Å². The molecule has 4 aromatic rings. The number of carboxylic acid groups (broad SMARTS) is 1. The fraction of sp³-hybridized carbons (Fsp3) is 0.0526. The zero-order valence-electron chi connectivity index (χ0n) is 14.2. The Bertz CT molecular complexity index is 1180. The summed E-state index contributed by atoms with van der Waals surface area (Å²) in [5, 5.41) is 22.7. The molecule has 0 radical (unpaired) electrons. The van der Waals surface area contributed by atoms with E-state index in [1.165, 1.54) is 0 Å². The molecule has 0 unspecified atom stereocenters. The number of H-pyrrole nitrogens is 1. The van der Waals surface area contributed by atoms with E-state index >= 15 is 0 Å². The minimum atomic E-state index is -1.08. The first-order chi connectivity index (χ1) is 13.0. The molecule has 0 saturated carbocycles. The molecular weight excluding hydrogens is 348 g/mol.